The minimum atomic E-state index is -0.0856. The number of piperazine rings is 1. The summed E-state index contributed by atoms with van der Waals surface area (Å²) in [5.41, 5.74) is 9.23. The van der Waals surface area contributed by atoms with Crippen molar-refractivity contribution in [1.29, 1.82) is 0 Å². The van der Waals surface area contributed by atoms with Crippen LogP contribution in [0.2, 0.25) is 0 Å². The number of rotatable bonds is 6. The zero-order chi connectivity index (χ0) is 21.1. The topological polar surface area (TPSA) is 77.2 Å². The zero-order valence-electron chi connectivity index (χ0n) is 18.3. The smallest absolute Gasteiger partial charge is 0.229 e. The molecule has 7 heteroatoms. The Labute approximate surface area is 180 Å². The number of carbonyl (C=O) groups excluding carboxylic acids is 1. The summed E-state index contributed by atoms with van der Waals surface area (Å²) in [4.78, 5) is 24.9. The normalized spacial score (nSPS) is 25.2. The maximum absolute atomic E-state index is 12.8. The Morgan fingerprint density at radius 3 is 2.67 bits per heavy atom. The largest absolute Gasteiger partial charge is 0.396 e. The number of nitrogens with zero attached hydrogens (tertiary/aromatic N) is 4. The Balaban J connectivity index is 1.21. The van der Waals surface area contributed by atoms with Crippen LogP contribution in [0.15, 0.2) is 40.2 Å². The van der Waals surface area contributed by atoms with Crippen LogP contribution in [-0.2, 0) is 4.79 Å². The first kappa shape index (κ1) is 21.3. The van der Waals surface area contributed by atoms with Crippen molar-refractivity contribution in [2.45, 2.75) is 31.7 Å². The van der Waals surface area contributed by atoms with E-state index in [9.17, 15) is 4.79 Å². The van der Waals surface area contributed by atoms with Gasteiger partial charge in [-0.15, -0.1) is 0 Å². The van der Waals surface area contributed by atoms with E-state index in [1.807, 2.05) is 6.08 Å². The Morgan fingerprint density at radius 1 is 1.20 bits per heavy atom. The van der Waals surface area contributed by atoms with E-state index in [0.717, 1.165) is 56.2 Å². The Kier molecular flexibility index (Phi) is 6.71. The third-order valence-electron chi connectivity index (χ3n) is 6.93. The summed E-state index contributed by atoms with van der Waals surface area (Å²) in [5, 5.41) is 3.28. The van der Waals surface area contributed by atoms with Gasteiger partial charge >= 0.3 is 0 Å². The number of hydrogen-bond acceptors (Lipinski definition) is 7. The van der Waals surface area contributed by atoms with Gasteiger partial charge in [0.15, 0.2) is 0 Å². The van der Waals surface area contributed by atoms with E-state index in [1.54, 1.807) is 0 Å². The van der Waals surface area contributed by atoms with Gasteiger partial charge in [0.1, 0.15) is 11.4 Å². The standard InChI is InChI=1S/C23H36N6O/c1-17-19-5-3-8-25-21(19)23(30)22(20(17)24)26-9-4-10-28-13-15-29(16-14-28)18-6-11-27(2)12-7-18/h5,18,26H,1,3-4,6-16,24H2,2H3. The van der Waals surface area contributed by atoms with E-state index in [2.05, 4.69) is 38.6 Å². The molecule has 0 radical (unpaired) electrons. The fourth-order valence-corrected chi connectivity index (χ4v) is 4.97. The molecule has 30 heavy (non-hydrogen) atoms. The molecule has 164 valence electrons. The average molecular weight is 413 g/mol. The second-order valence-corrected chi connectivity index (χ2v) is 8.93. The molecular weight excluding hydrogens is 376 g/mol. The number of carbonyl (C=O) groups is 1. The van der Waals surface area contributed by atoms with Gasteiger partial charge in [-0.2, -0.15) is 0 Å². The molecule has 3 heterocycles. The lowest BCUT2D eigenvalue weighted by atomic mass is 9.87. The molecule has 3 N–H and O–H groups in total. The van der Waals surface area contributed by atoms with Crippen LogP contribution in [0.25, 0.3) is 0 Å². The Morgan fingerprint density at radius 2 is 1.93 bits per heavy atom. The molecule has 7 nitrogen and oxygen atoms in total. The highest BCUT2D eigenvalue weighted by Crippen LogP contribution is 2.27. The van der Waals surface area contributed by atoms with E-state index >= 15 is 0 Å². The van der Waals surface area contributed by atoms with Crippen LogP contribution >= 0.6 is 0 Å². The number of piperidine rings is 1. The summed E-state index contributed by atoms with van der Waals surface area (Å²) in [7, 11) is 2.22. The van der Waals surface area contributed by atoms with E-state index in [-0.39, 0.29) is 5.78 Å². The van der Waals surface area contributed by atoms with Crippen molar-refractivity contribution in [2.75, 3.05) is 66.0 Å². The summed E-state index contributed by atoms with van der Waals surface area (Å²) < 4.78 is 0. The van der Waals surface area contributed by atoms with Crippen molar-refractivity contribution >= 4 is 11.5 Å². The number of dihydropyridines is 1. The first-order valence-electron chi connectivity index (χ1n) is 11.4. The van der Waals surface area contributed by atoms with Gasteiger partial charge in [0.05, 0.1) is 5.70 Å². The molecule has 4 aliphatic rings. The van der Waals surface area contributed by atoms with Crippen molar-refractivity contribution in [3.63, 3.8) is 0 Å². The van der Waals surface area contributed by atoms with Gasteiger partial charge in [-0.25, -0.2) is 0 Å². The molecule has 0 spiro atoms. The van der Waals surface area contributed by atoms with Crippen molar-refractivity contribution in [2.24, 2.45) is 10.7 Å². The molecule has 2 saturated heterocycles. The number of fused-ring (bicyclic) bond motifs is 1. The second-order valence-electron chi connectivity index (χ2n) is 8.93. The van der Waals surface area contributed by atoms with Crippen LogP contribution in [0.4, 0.5) is 0 Å². The number of hydrogen-bond donors (Lipinski definition) is 2. The third kappa shape index (κ3) is 4.53. The monoisotopic (exact) mass is 412 g/mol. The van der Waals surface area contributed by atoms with Gasteiger partial charge in [-0.3, -0.25) is 14.7 Å². The van der Waals surface area contributed by atoms with Gasteiger partial charge in [0, 0.05) is 56.5 Å². The molecule has 0 aromatic carbocycles. The van der Waals surface area contributed by atoms with Crippen LogP contribution in [0.3, 0.4) is 0 Å². The molecule has 0 bridgehead atoms. The van der Waals surface area contributed by atoms with Crippen molar-refractivity contribution in [1.82, 2.24) is 20.0 Å². The maximum Gasteiger partial charge on any atom is 0.229 e. The van der Waals surface area contributed by atoms with Crippen LogP contribution in [-0.4, -0.2) is 98.2 Å². The fraction of sp³-hybridized carbons (Fsp3) is 0.652. The Hall–Kier alpha value is -1.96. The first-order valence-corrected chi connectivity index (χ1v) is 11.4. The lowest BCUT2D eigenvalue weighted by molar-refractivity contribution is -0.110. The highest BCUT2D eigenvalue weighted by atomic mass is 16.1. The van der Waals surface area contributed by atoms with Gasteiger partial charge in [0.2, 0.25) is 5.78 Å². The van der Waals surface area contributed by atoms with Gasteiger partial charge in [-0.1, -0.05) is 12.7 Å². The van der Waals surface area contributed by atoms with E-state index in [1.165, 1.54) is 39.0 Å². The molecule has 3 aliphatic heterocycles. The third-order valence-corrected chi connectivity index (χ3v) is 6.93. The molecule has 2 fully saturated rings. The van der Waals surface area contributed by atoms with Crippen LogP contribution in [0.5, 0.6) is 0 Å². The highest BCUT2D eigenvalue weighted by Gasteiger charge is 2.32. The molecule has 0 amide bonds. The average Bonchev–Trinajstić information content (AvgIpc) is 2.78. The fourth-order valence-electron chi connectivity index (χ4n) is 4.97. The summed E-state index contributed by atoms with van der Waals surface area (Å²) in [6.07, 6.45) is 6.46. The second kappa shape index (κ2) is 9.45. The quantitative estimate of drug-likeness (QED) is 0.627. The molecule has 0 saturated carbocycles. The van der Waals surface area contributed by atoms with Gasteiger partial charge in [0.25, 0.3) is 0 Å². The van der Waals surface area contributed by atoms with E-state index < -0.39 is 0 Å². The molecule has 0 aromatic rings. The number of nitrogens with two attached hydrogens (primary N) is 1. The Bertz CT molecular complexity index is 767. The molecule has 1 aliphatic carbocycles. The molecular formula is C23H36N6O. The van der Waals surface area contributed by atoms with Crippen molar-refractivity contribution < 1.29 is 4.79 Å². The number of aliphatic imine (C=N–C) groups is 1. The van der Waals surface area contributed by atoms with Crippen LogP contribution in [0, 0.1) is 0 Å². The summed E-state index contributed by atoms with van der Waals surface area (Å²) >= 11 is 0. The molecule has 4 rings (SSSR count). The minimum Gasteiger partial charge on any atom is -0.396 e. The van der Waals surface area contributed by atoms with Crippen LogP contribution < -0.4 is 11.1 Å². The molecule has 0 aromatic heterocycles. The lowest BCUT2D eigenvalue weighted by Crippen LogP contribution is -2.53. The summed E-state index contributed by atoms with van der Waals surface area (Å²) in [6.45, 7) is 13.6. The predicted molar refractivity (Wildman–Crippen MR) is 122 cm³/mol. The SMILES string of the molecule is C=C1C2=CCCN=C2C(=O)C(NCCCN2CCN(C3CCN(C)CC3)CC2)=C1N. The maximum atomic E-state index is 12.8. The first-order chi connectivity index (χ1) is 14.5. The van der Waals surface area contributed by atoms with Crippen molar-refractivity contribution in [3.8, 4) is 0 Å². The number of nitrogens with one attached hydrogen (secondary N) is 1. The van der Waals surface area contributed by atoms with Gasteiger partial charge < -0.3 is 20.9 Å². The molecule has 0 atom stereocenters. The van der Waals surface area contributed by atoms with Crippen LogP contribution in [0.1, 0.15) is 25.7 Å². The van der Waals surface area contributed by atoms with E-state index in [0.29, 0.717) is 23.7 Å². The molecule has 0 unspecified atom stereocenters. The number of likely N-dealkylation sites (tertiary alicyclic amines) is 1. The minimum absolute atomic E-state index is 0.0856. The summed E-state index contributed by atoms with van der Waals surface area (Å²) in [6, 6.07) is 0.770. The number of ketones is 1. The summed E-state index contributed by atoms with van der Waals surface area (Å²) in [5.74, 6) is -0.0856. The van der Waals surface area contributed by atoms with E-state index in [4.69, 9.17) is 5.73 Å². The lowest BCUT2D eigenvalue weighted by Gasteiger charge is -2.42. The number of Topliss-reactive ketones (excluding diaryl/α,β-unsaturated/α-hetero) is 1. The van der Waals surface area contributed by atoms with Gasteiger partial charge in [-0.05, 0) is 52.4 Å². The predicted octanol–water partition coefficient (Wildman–Crippen LogP) is 0.758. The highest BCUT2D eigenvalue weighted by molar-refractivity contribution is 6.53. The van der Waals surface area contributed by atoms with Crippen molar-refractivity contribution in [3.05, 3.63) is 35.2 Å². The number of allylic oxidation sites excluding steroid dienone is 2. The zero-order valence-corrected chi connectivity index (χ0v) is 18.3.